The number of carbonyl (C=O) groups is 1. The monoisotopic (exact) mass is 310 g/mol. The van der Waals surface area contributed by atoms with Crippen LogP contribution in [0.25, 0.3) is 0 Å². The first-order chi connectivity index (χ1) is 10.1. The number of thioether (sulfide) groups is 1. The highest BCUT2D eigenvalue weighted by atomic mass is 32.2. The molecule has 0 heterocycles. The fourth-order valence-electron chi connectivity index (χ4n) is 2.65. The lowest BCUT2D eigenvalue weighted by molar-refractivity contribution is -0.384. The van der Waals surface area contributed by atoms with Crippen LogP contribution in [0.3, 0.4) is 0 Å². The van der Waals surface area contributed by atoms with E-state index in [1.54, 1.807) is 11.8 Å². The lowest BCUT2D eigenvalue weighted by Gasteiger charge is -2.20. The van der Waals surface area contributed by atoms with Gasteiger partial charge in [0.1, 0.15) is 5.69 Å². The number of nitro benzene ring substituents is 1. The molecular weight excluding hydrogens is 292 g/mol. The number of benzene rings is 1. The minimum Gasteiger partial charge on any atom is -0.348 e. The van der Waals surface area contributed by atoms with Crippen LogP contribution in [0.15, 0.2) is 18.2 Å². The normalized spacial score (nSPS) is 21.0. The first-order valence-electron chi connectivity index (χ1n) is 6.66. The van der Waals surface area contributed by atoms with Gasteiger partial charge in [0.05, 0.1) is 10.5 Å². The van der Waals surface area contributed by atoms with E-state index in [1.165, 1.54) is 18.2 Å². The summed E-state index contributed by atoms with van der Waals surface area (Å²) < 4.78 is 0. The molecule has 1 aliphatic carbocycles. The molecule has 0 radical (unpaired) electrons. The Morgan fingerprint density at radius 3 is 2.86 bits per heavy atom. The Balaban J connectivity index is 2.23. The third-order valence-electron chi connectivity index (χ3n) is 3.70. The highest BCUT2D eigenvalue weighted by Crippen LogP contribution is 2.30. The van der Waals surface area contributed by atoms with Gasteiger partial charge in [-0.05, 0) is 25.2 Å². The summed E-state index contributed by atoms with van der Waals surface area (Å²) >= 11 is 1.73. The van der Waals surface area contributed by atoms with Crippen LogP contribution in [0.5, 0.6) is 0 Å². The molecule has 0 aliphatic heterocycles. The third-order valence-corrected chi connectivity index (χ3v) is 4.87. The molecule has 8 heteroatoms. The number of nitrogens with two attached hydrogens (primary N) is 1. The highest BCUT2D eigenvalue weighted by molar-refractivity contribution is 7.99. The largest absolute Gasteiger partial charge is 0.348 e. The van der Waals surface area contributed by atoms with Gasteiger partial charge in [0.15, 0.2) is 0 Å². The standard InChI is InChI=1S/C13H18N4O3S/c1-21-11-7-3-5-9(11)15-13(18)8-4-2-6-10(17(19)20)12(8)16-14/h2,4,6,9,11,16H,3,5,7,14H2,1H3,(H,15,18). The summed E-state index contributed by atoms with van der Waals surface area (Å²) in [7, 11) is 0. The van der Waals surface area contributed by atoms with E-state index in [0.717, 1.165) is 19.3 Å². The molecule has 114 valence electrons. The topological polar surface area (TPSA) is 110 Å². The summed E-state index contributed by atoms with van der Waals surface area (Å²) in [5.41, 5.74) is 2.29. The zero-order chi connectivity index (χ0) is 15.4. The van der Waals surface area contributed by atoms with Crippen LogP contribution < -0.4 is 16.6 Å². The quantitative estimate of drug-likeness (QED) is 0.435. The van der Waals surface area contributed by atoms with Crippen molar-refractivity contribution in [1.29, 1.82) is 0 Å². The van der Waals surface area contributed by atoms with Gasteiger partial charge in [0, 0.05) is 17.4 Å². The minimum atomic E-state index is -0.563. The average molecular weight is 310 g/mol. The predicted octanol–water partition coefficient (Wildman–Crippen LogP) is 1.89. The smallest absolute Gasteiger partial charge is 0.294 e. The number of amides is 1. The molecule has 1 aromatic rings. The molecule has 1 saturated carbocycles. The summed E-state index contributed by atoms with van der Waals surface area (Å²) in [6.07, 6.45) is 5.10. The van der Waals surface area contributed by atoms with Crippen LogP contribution in [0.2, 0.25) is 0 Å². The second-order valence-corrected chi connectivity index (χ2v) is 5.96. The number of nitrogens with zero attached hydrogens (tertiary/aromatic N) is 1. The zero-order valence-electron chi connectivity index (χ0n) is 11.7. The first-order valence-corrected chi connectivity index (χ1v) is 7.95. The fraction of sp³-hybridized carbons (Fsp3) is 0.462. The van der Waals surface area contributed by atoms with E-state index < -0.39 is 4.92 Å². The number of para-hydroxylation sites is 1. The van der Waals surface area contributed by atoms with Gasteiger partial charge in [-0.2, -0.15) is 11.8 Å². The van der Waals surface area contributed by atoms with Crippen LogP contribution in [-0.4, -0.2) is 28.4 Å². The zero-order valence-corrected chi connectivity index (χ0v) is 12.5. The Hall–Kier alpha value is -1.80. The second kappa shape index (κ2) is 6.77. The fourth-order valence-corrected chi connectivity index (χ4v) is 3.59. The summed E-state index contributed by atoms with van der Waals surface area (Å²) in [5, 5.41) is 14.3. The molecule has 1 amide bonds. The van der Waals surface area contributed by atoms with E-state index in [-0.39, 0.29) is 28.9 Å². The van der Waals surface area contributed by atoms with Crippen LogP contribution in [-0.2, 0) is 0 Å². The van der Waals surface area contributed by atoms with E-state index in [0.29, 0.717) is 5.25 Å². The minimum absolute atomic E-state index is 0.0405. The van der Waals surface area contributed by atoms with Crippen LogP contribution >= 0.6 is 11.8 Å². The van der Waals surface area contributed by atoms with E-state index in [1.807, 2.05) is 6.26 Å². The summed E-state index contributed by atoms with van der Waals surface area (Å²) in [4.78, 5) is 22.8. The molecule has 0 aromatic heterocycles. The number of nitrogen functional groups attached to an aromatic ring is 1. The number of nitro groups is 1. The van der Waals surface area contributed by atoms with E-state index >= 15 is 0 Å². The van der Waals surface area contributed by atoms with Gasteiger partial charge in [-0.15, -0.1) is 0 Å². The van der Waals surface area contributed by atoms with Crippen molar-refractivity contribution in [2.24, 2.45) is 5.84 Å². The van der Waals surface area contributed by atoms with Gasteiger partial charge in [-0.1, -0.05) is 12.5 Å². The third kappa shape index (κ3) is 3.27. The van der Waals surface area contributed by atoms with Gasteiger partial charge in [0.25, 0.3) is 11.6 Å². The lowest BCUT2D eigenvalue weighted by atomic mass is 10.1. The van der Waals surface area contributed by atoms with Crippen molar-refractivity contribution in [3.05, 3.63) is 33.9 Å². The number of anilines is 1. The maximum atomic E-state index is 12.4. The Bertz CT molecular complexity index is 552. The molecule has 0 saturated heterocycles. The molecule has 2 unspecified atom stereocenters. The molecule has 0 bridgehead atoms. The molecule has 0 spiro atoms. The number of rotatable bonds is 5. The predicted molar refractivity (Wildman–Crippen MR) is 83.3 cm³/mol. The lowest BCUT2D eigenvalue weighted by Crippen LogP contribution is -2.39. The molecule has 1 aromatic carbocycles. The molecule has 1 aliphatic rings. The Morgan fingerprint density at radius 1 is 1.48 bits per heavy atom. The highest BCUT2D eigenvalue weighted by Gasteiger charge is 2.29. The maximum Gasteiger partial charge on any atom is 0.294 e. The molecule has 1 fully saturated rings. The molecule has 2 rings (SSSR count). The van der Waals surface area contributed by atoms with Gasteiger partial charge in [-0.3, -0.25) is 20.8 Å². The Kier molecular flexibility index (Phi) is 5.03. The van der Waals surface area contributed by atoms with Crippen molar-refractivity contribution < 1.29 is 9.72 Å². The Labute approximate surface area is 126 Å². The number of hydrogen-bond donors (Lipinski definition) is 3. The first kappa shape index (κ1) is 15.6. The van der Waals surface area contributed by atoms with Gasteiger partial charge in [-0.25, -0.2) is 0 Å². The second-order valence-electron chi connectivity index (χ2n) is 4.89. The molecule has 7 nitrogen and oxygen atoms in total. The summed E-state index contributed by atoms with van der Waals surface area (Å²) in [6.45, 7) is 0. The number of hydrazine groups is 1. The number of nitrogens with one attached hydrogen (secondary N) is 2. The Morgan fingerprint density at radius 2 is 2.24 bits per heavy atom. The van der Waals surface area contributed by atoms with Crippen LogP contribution in [0.4, 0.5) is 11.4 Å². The van der Waals surface area contributed by atoms with E-state index in [2.05, 4.69) is 10.7 Å². The summed E-state index contributed by atoms with van der Waals surface area (Å²) in [5.74, 6) is 5.01. The van der Waals surface area contributed by atoms with Gasteiger partial charge >= 0.3 is 0 Å². The molecule has 4 N–H and O–H groups in total. The van der Waals surface area contributed by atoms with Crippen molar-refractivity contribution >= 4 is 29.0 Å². The van der Waals surface area contributed by atoms with Crippen molar-refractivity contribution in [3.63, 3.8) is 0 Å². The molecular formula is C13H18N4O3S. The van der Waals surface area contributed by atoms with Crippen molar-refractivity contribution in [2.75, 3.05) is 11.7 Å². The van der Waals surface area contributed by atoms with Crippen molar-refractivity contribution in [2.45, 2.75) is 30.6 Å². The van der Waals surface area contributed by atoms with Gasteiger partial charge in [0.2, 0.25) is 0 Å². The summed E-state index contributed by atoms with van der Waals surface area (Å²) in [6, 6.07) is 4.42. The van der Waals surface area contributed by atoms with Crippen LogP contribution in [0.1, 0.15) is 29.6 Å². The number of carbonyl (C=O) groups excluding carboxylic acids is 1. The van der Waals surface area contributed by atoms with E-state index in [9.17, 15) is 14.9 Å². The average Bonchev–Trinajstić information content (AvgIpc) is 2.93. The van der Waals surface area contributed by atoms with Crippen LogP contribution in [0, 0.1) is 10.1 Å². The molecule has 21 heavy (non-hydrogen) atoms. The molecule has 2 atom stereocenters. The maximum absolute atomic E-state index is 12.4. The van der Waals surface area contributed by atoms with Gasteiger partial charge < -0.3 is 10.7 Å². The SMILES string of the molecule is CSC1CCCC1NC(=O)c1cccc([N+](=O)[O-])c1NN. The van der Waals surface area contributed by atoms with E-state index in [4.69, 9.17) is 5.84 Å². The van der Waals surface area contributed by atoms with Crippen molar-refractivity contribution in [3.8, 4) is 0 Å². The number of hydrogen-bond acceptors (Lipinski definition) is 6. The van der Waals surface area contributed by atoms with Crippen molar-refractivity contribution in [1.82, 2.24) is 5.32 Å².